The number of aromatic nitrogens is 4. The van der Waals surface area contributed by atoms with Gasteiger partial charge >= 0.3 is 0 Å². The van der Waals surface area contributed by atoms with Crippen LogP contribution in [0.3, 0.4) is 0 Å². The molecule has 6 nitrogen and oxygen atoms in total. The van der Waals surface area contributed by atoms with Crippen molar-refractivity contribution in [3.8, 4) is 11.4 Å². The molecule has 4 aromatic rings. The van der Waals surface area contributed by atoms with Crippen LogP contribution in [0.5, 0.6) is 0 Å². The van der Waals surface area contributed by atoms with Crippen molar-refractivity contribution in [2.75, 3.05) is 18.0 Å². The minimum absolute atomic E-state index is 0.486. The lowest BCUT2D eigenvalue weighted by atomic mass is 10.1. The minimum Gasteiger partial charge on any atom is -0.368 e. The molecule has 1 saturated heterocycles. The van der Waals surface area contributed by atoms with Crippen LogP contribution in [0.4, 0.5) is 5.69 Å². The molecule has 1 aliphatic heterocycles. The molecule has 0 radical (unpaired) electrons. The van der Waals surface area contributed by atoms with Gasteiger partial charge in [0.25, 0.3) is 0 Å². The number of imidazole rings is 1. The Labute approximate surface area is 164 Å². The highest BCUT2D eigenvalue weighted by Gasteiger charge is 2.21. The Bertz CT molecular complexity index is 1150. The Kier molecular flexibility index (Phi) is 4.02. The zero-order valence-electron chi connectivity index (χ0n) is 16.4. The molecular formula is C22H24N6. The number of fused-ring (bicyclic) bond motifs is 2. The van der Waals surface area contributed by atoms with E-state index in [-0.39, 0.29) is 0 Å². The summed E-state index contributed by atoms with van der Waals surface area (Å²) in [6.07, 6.45) is 5.98. The molecule has 142 valence electrons. The molecule has 0 aliphatic carbocycles. The fourth-order valence-electron chi connectivity index (χ4n) is 4.15. The molecule has 4 heterocycles. The van der Waals surface area contributed by atoms with Crippen molar-refractivity contribution in [2.24, 2.45) is 0 Å². The summed E-state index contributed by atoms with van der Waals surface area (Å²) < 4.78 is 2.02. The van der Waals surface area contributed by atoms with Gasteiger partial charge in [-0.25, -0.2) is 15.0 Å². The Hall–Kier alpha value is -2.99. The second-order valence-electron chi connectivity index (χ2n) is 7.88. The Balaban J connectivity index is 1.49. The van der Waals surface area contributed by atoms with Gasteiger partial charge in [-0.05, 0) is 51.1 Å². The molecule has 2 unspecified atom stereocenters. The number of aryl methyl sites for hydroxylation is 1. The molecule has 0 amide bonds. The van der Waals surface area contributed by atoms with Crippen molar-refractivity contribution in [2.45, 2.75) is 32.9 Å². The molecule has 2 atom stereocenters. The van der Waals surface area contributed by atoms with Gasteiger partial charge in [0.2, 0.25) is 0 Å². The van der Waals surface area contributed by atoms with Gasteiger partial charge in [0, 0.05) is 60.4 Å². The first kappa shape index (κ1) is 17.1. The molecule has 1 aromatic carbocycles. The molecule has 1 fully saturated rings. The quantitative estimate of drug-likeness (QED) is 0.584. The zero-order valence-corrected chi connectivity index (χ0v) is 16.4. The van der Waals surface area contributed by atoms with E-state index in [0.717, 1.165) is 46.7 Å². The molecule has 28 heavy (non-hydrogen) atoms. The standard InChI is InChI=1S/C22H24N6/c1-14-10-27(11-15(2)24-14)19-5-6-20-18(8-19)9-23-22(26-20)17-4-7-21-25-16(3)12-28(21)13-17/h4-9,12-15,24H,10-11H2,1-3H3. The SMILES string of the molecule is Cc1cn2cc(-c3ncc4cc(N5CC(C)NC(C)C5)ccc4n3)ccc2n1. The Morgan fingerprint density at radius 1 is 1.00 bits per heavy atom. The Morgan fingerprint density at radius 2 is 1.82 bits per heavy atom. The fraction of sp³-hybridized carbons (Fsp3) is 0.318. The van der Waals surface area contributed by atoms with E-state index in [4.69, 9.17) is 4.98 Å². The first-order valence-electron chi connectivity index (χ1n) is 9.79. The number of piperazine rings is 1. The average Bonchev–Trinajstić information content (AvgIpc) is 3.05. The van der Waals surface area contributed by atoms with E-state index >= 15 is 0 Å². The van der Waals surface area contributed by atoms with E-state index in [1.807, 2.05) is 42.0 Å². The second-order valence-corrected chi connectivity index (χ2v) is 7.88. The number of nitrogens with one attached hydrogen (secondary N) is 1. The maximum absolute atomic E-state index is 4.80. The molecule has 5 rings (SSSR count). The third-order valence-electron chi connectivity index (χ3n) is 5.32. The normalized spacial score (nSPS) is 20.2. The maximum Gasteiger partial charge on any atom is 0.161 e. The number of benzene rings is 1. The second kappa shape index (κ2) is 6.56. The van der Waals surface area contributed by atoms with Gasteiger partial charge in [0.05, 0.1) is 11.2 Å². The van der Waals surface area contributed by atoms with Crippen LogP contribution in [-0.4, -0.2) is 44.5 Å². The van der Waals surface area contributed by atoms with Gasteiger partial charge in [-0.2, -0.15) is 0 Å². The number of anilines is 1. The summed E-state index contributed by atoms with van der Waals surface area (Å²) in [5.41, 5.74) is 5.12. The number of hydrogen-bond acceptors (Lipinski definition) is 5. The highest BCUT2D eigenvalue weighted by atomic mass is 15.2. The first-order valence-corrected chi connectivity index (χ1v) is 9.79. The van der Waals surface area contributed by atoms with Crippen LogP contribution >= 0.6 is 0 Å². The number of rotatable bonds is 2. The molecule has 1 aliphatic rings. The van der Waals surface area contributed by atoms with Gasteiger partial charge in [-0.3, -0.25) is 0 Å². The van der Waals surface area contributed by atoms with Crippen LogP contribution in [0.2, 0.25) is 0 Å². The van der Waals surface area contributed by atoms with Gasteiger partial charge in [0.15, 0.2) is 5.82 Å². The van der Waals surface area contributed by atoms with Crippen LogP contribution in [0, 0.1) is 6.92 Å². The highest BCUT2D eigenvalue weighted by molar-refractivity contribution is 5.83. The molecule has 0 bridgehead atoms. The van der Waals surface area contributed by atoms with Crippen molar-refractivity contribution in [1.29, 1.82) is 0 Å². The molecule has 0 spiro atoms. The average molecular weight is 372 g/mol. The summed E-state index contributed by atoms with van der Waals surface area (Å²) in [7, 11) is 0. The summed E-state index contributed by atoms with van der Waals surface area (Å²) in [6, 6.07) is 11.5. The van der Waals surface area contributed by atoms with E-state index in [1.165, 1.54) is 5.69 Å². The van der Waals surface area contributed by atoms with Crippen molar-refractivity contribution in [1.82, 2.24) is 24.7 Å². The van der Waals surface area contributed by atoms with Crippen molar-refractivity contribution in [3.63, 3.8) is 0 Å². The van der Waals surface area contributed by atoms with Crippen LogP contribution in [0.25, 0.3) is 27.9 Å². The summed E-state index contributed by atoms with van der Waals surface area (Å²) >= 11 is 0. The third kappa shape index (κ3) is 3.10. The molecule has 1 N–H and O–H groups in total. The zero-order chi connectivity index (χ0) is 19.3. The maximum atomic E-state index is 4.80. The third-order valence-corrected chi connectivity index (χ3v) is 5.32. The van der Waals surface area contributed by atoms with Crippen LogP contribution in [0.15, 0.2) is 48.9 Å². The lowest BCUT2D eigenvalue weighted by Crippen LogP contribution is -2.54. The van der Waals surface area contributed by atoms with E-state index in [2.05, 4.69) is 52.2 Å². The number of hydrogen-bond donors (Lipinski definition) is 1. The van der Waals surface area contributed by atoms with Crippen molar-refractivity contribution in [3.05, 3.63) is 54.6 Å². The molecule has 0 saturated carbocycles. The van der Waals surface area contributed by atoms with Crippen molar-refractivity contribution >= 4 is 22.2 Å². The summed E-state index contributed by atoms with van der Waals surface area (Å²) in [4.78, 5) is 16.3. The molecular weight excluding hydrogens is 348 g/mol. The lowest BCUT2D eigenvalue weighted by Gasteiger charge is -2.37. The monoisotopic (exact) mass is 372 g/mol. The van der Waals surface area contributed by atoms with Gasteiger partial charge in [0.1, 0.15) is 5.65 Å². The molecule has 3 aromatic heterocycles. The minimum atomic E-state index is 0.486. The predicted molar refractivity (Wildman–Crippen MR) is 113 cm³/mol. The van der Waals surface area contributed by atoms with E-state index in [1.54, 1.807) is 0 Å². The summed E-state index contributed by atoms with van der Waals surface area (Å²) in [6.45, 7) is 8.49. The van der Waals surface area contributed by atoms with Crippen LogP contribution in [0.1, 0.15) is 19.5 Å². The van der Waals surface area contributed by atoms with Crippen LogP contribution in [-0.2, 0) is 0 Å². The smallest absolute Gasteiger partial charge is 0.161 e. The van der Waals surface area contributed by atoms with E-state index in [0.29, 0.717) is 12.1 Å². The van der Waals surface area contributed by atoms with E-state index < -0.39 is 0 Å². The van der Waals surface area contributed by atoms with Gasteiger partial charge in [-0.1, -0.05) is 0 Å². The topological polar surface area (TPSA) is 58.4 Å². The number of nitrogens with zero attached hydrogens (tertiary/aromatic N) is 5. The lowest BCUT2D eigenvalue weighted by molar-refractivity contribution is 0.407. The van der Waals surface area contributed by atoms with Gasteiger partial charge < -0.3 is 14.6 Å². The first-order chi connectivity index (χ1) is 13.5. The predicted octanol–water partition coefficient (Wildman–Crippen LogP) is 3.44. The summed E-state index contributed by atoms with van der Waals surface area (Å²) in [5.74, 6) is 0.734. The largest absolute Gasteiger partial charge is 0.368 e. The van der Waals surface area contributed by atoms with Crippen LogP contribution < -0.4 is 10.2 Å². The highest BCUT2D eigenvalue weighted by Crippen LogP contribution is 2.25. The van der Waals surface area contributed by atoms with E-state index in [9.17, 15) is 0 Å². The number of pyridine rings is 1. The Morgan fingerprint density at radius 3 is 2.64 bits per heavy atom. The summed E-state index contributed by atoms with van der Waals surface area (Å²) in [5, 5.41) is 4.65. The fourth-order valence-corrected chi connectivity index (χ4v) is 4.15. The van der Waals surface area contributed by atoms with Crippen molar-refractivity contribution < 1.29 is 0 Å². The molecule has 6 heteroatoms. The van der Waals surface area contributed by atoms with Gasteiger partial charge in [-0.15, -0.1) is 0 Å².